The molecule has 6 nitrogen and oxygen atoms in total. The van der Waals surface area contributed by atoms with Crippen LogP contribution in [0.1, 0.15) is 39.9 Å². The molecule has 2 aromatic rings. The van der Waals surface area contributed by atoms with Gasteiger partial charge in [-0.05, 0) is 11.6 Å². The van der Waals surface area contributed by atoms with E-state index in [-0.39, 0.29) is 5.56 Å². The minimum atomic E-state index is -4.61. The van der Waals surface area contributed by atoms with E-state index >= 15 is 0 Å². The number of carboxylic acids is 1. The van der Waals surface area contributed by atoms with Crippen LogP contribution in [-0.2, 0) is 11.8 Å². The van der Waals surface area contributed by atoms with Crippen LogP contribution in [0.25, 0.3) is 0 Å². The summed E-state index contributed by atoms with van der Waals surface area (Å²) in [7, 11) is 1.60. The smallest absolute Gasteiger partial charge is 0.406 e. The zero-order valence-electron chi connectivity index (χ0n) is 13.8. The molecule has 2 heterocycles. The first kappa shape index (κ1) is 18.0. The molecule has 0 bridgehead atoms. The van der Waals surface area contributed by atoms with Gasteiger partial charge < -0.3 is 10.0 Å². The van der Waals surface area contributed by atoms with E-state index in [1.54, 1.807) is 25.2 Å². The quantitative estimate of drug-likeness (QED) is 0.902. The third-order valence-electron chi connectivity index (χ3n) is 4.38. The molecule has 0 fully saturated rings. The highest BCUT2D eigenvalue weighted by atomic mass is 19.4. The van der Waals surface area contributed by atoms with Gasteiger partial charge >= 0.3 is 12.1 Å². The summed E-state index contributed by atoms with van der Waals surface area (Å²) in [6.45, 7) is -1.46. The molecule has 1 aromatic heterocycles. The van der Waals surface area contributed by atoms with Crippen LogP contribution in [0.4, 0.5) is 13.2 Å². The maximum Gasteiger partial charge on any atom is 0.406 e. The molecule has 3 rings (SSSR count). The molecule has 1 amide bonds. The number of amides is 1. The number of aryl methyl sites for hydroxylation is 1. The molecule has 0 spiro atoms. The molecule has 1 aliphatic rings. The molecule has 0 saturated carbocycles. The van der Waals surface area contributed by atoms with Crippen LogP contribution in [0.15, 0.2) is 36.7 Å². The summed E-state index contributed by atoms with van der Waals surface area (Å²) < 4.78 is 40.8. The Balaban J connectivity index is 2.18. The number of halogens is 3. The molecule has 1 aliphatic heterocycles. The van der Waals surface area contributed by atoms with E-state index in [0.717, 1.165) is 0 Å². The van der Waals surface area contributed by atoms with Crippen LogP contribution in [0, 0.1) is 0 Å². The number of carboxylic acid groups (broad SMARTS) is 1. The Labute approximate surface area is 146 Å². The van der Waals surface area contributed by atoms with Crippen molar-refractivity contribution in [3.8, 4) is 0 Å². The number of hydrogen-bond acceptors (Lipinski definition) is 3. The zero-order valence-corrected chi connectivity index (χ0v) is 13.8. The van der Waals surface area contributed by atoms with Crippen LogP contribution in [0.2, 0.25) is 0 Å². The maximum absolute atomic E-state index is 13.1. The van der Waals surface area contributed by atoms with Crippen molar-refractivity contribution in [2.24, 2.45) is 7.05 Å². The molecule has 138 valence electrons. The van der Waals surface area contributed by atoms with E-state index in [0.29, 0.717) is 16.0 Å². The summed E-state index contributed by atoms with van der Waals surface area (Å²) >= 11 is 0. The SMILES string of the molecule is Cn1cc(C2C(CC(=O)O)c3ccccc3C(=O)N2CC(F)(F)F)cn1. The number of fused-ring (bicyclic) bond motifs is 1. The molecule has 1 N–H and O–H groups in total. The second-order valence-corrected chi connectivity index (χ2v) is 6.23. The number of aliphatic carboxylic acids is 1. The Morgan fingerprint density at radius 3 is 2.58 bits per heavy atom. The van der Waals surface area contributed by atoms with Gasteiger partial charge in [-0.2, -0.15) is 18.3 Å². The van der Waals surface area contributed by atoms with Gasteiger partial charge in [0.2, 0.25) is 0 Å². The Morgan fingerprint density at radius 1 is 1.31 bits per heavy atom. The summed E-state index contributed by atoms with van der Waals surface area (Å²) in [5.74, 6) is -2.73. The first-order chi connectivity index (χ1) is 12.2. The topological polar surface area (TPSA) is 75.4 Å². The average Bonchev–Trinajstić information content (AvgIpc) is 2.96. The molecule has 26 heavy (non-hydrogen) atoms. The predicted molar refractivity (Wildman–Crippen MR) is 84.5 cm³/mol. The molecule has 9 heteroatoms. The summed E-state index contributed by atoms with van der Waals surface area (Å²) in [6.07, 6.45) is -2.15. The van der Waals surface area contributed by atoms with Gasteiger partial charge in [0.25, 0.3) is 5.91 Å². The molecular weight excluding hydrogens is 351 g/mol. The van der Waals surface area contributed by atoms with Crippen molar-refractivity contribution in [1.29, 1.82) is 0 Å². The third-order valence-corrected chi connectivity index (χ3v) is 4.38. The highest BCUT2D eigenvalue weighted by Gasteiger charge is 2.46. The monoisotopic (exact) mass is 367 g/mol. The van der Waals surface area contributed by atoms with Gasteiger partial charge in [0.1, 0.15) is 6.54 Å². The summed E-state index contributed by atoms with van der Waals surface area (Å²) in [6, 6.07) is 5.14. The molecule has 2 unspecified atom stereocenters. The van der Waals surface area contributed by atoms with Crippen LogP contribution in [-0.4, -0.2) is 44.4 Å². The lowest BCUT2D eigenvalue weighted by Gasteiger charge is -2.41. The van der Waals surface area contributed by atoms with E-state index in [9.17, 15) is 27.9 Å². The molecule has 0 aliphatic carbocycles. The van der Waals surface area contributed by atoms with Gasteiger partial charge in [0.15, 0.2) is 0 Å². The van der Waals surface area contributed by atoms with Crippen molar-refractivity contribution in [2.75, 3.05) is 6.54 Å². The van der Waals surface area contributed by atoms with Crippen molar-refractivity contribution >= 4 is 11.9 Å². The second-order valence-electron chi connectivity index (χ2n) is 6.23. The van der Waals surface area contributed by atoms with Crippen molar-refractivity contribution in [1.82, 2.24) is 14.7 Å². The molecule has 0 saturated heterocycles. The van der Waals surface area contributed by atoms with Crippen LogP contribution in [0.3, 0.4) is 0 Å². The number of aromatic nitrogens is 2. The number of nitrogens with zero attached hydrogens (tertiary/aromatic N) is 3. The molecule has 2 atom stereocenters. The Kier molecular flexibility index (Phi) is 4.47. The van der Waals surface area contributed by atoms with Gasteiger partial charge in [-0.3, -0.25) is 14.3 Å². The van der Waals surface area contributed by atoms with Crippen LogP contribution < -0.4 is 0 Å². The minimum absolute atomic E-state index is 0.100. The number of alkyl halides is 3. The van der Waals surface area contributed by atoms with E-state index in [1.807, 2.05) is 0 Å². The van der Waals surface area contributed by atoms with Gasteiger partial charge in [-0.25, -0.2) is 0 Å². The fourth-order valence-corrected chi connectivity index (χ4v) is 3.46. The fourth-order valence-electron chi connectivity index (χ4n) is 3.46. The lowest BCUT2D eigenvalue weighted by Crippen LogP contribution is -2.47. The van der Waals surface area contributed by atoms with Crippen molar-refractivity contribution in [3.63, 3.8) is 0 Å². The minimum Gasteiger partial charge on any atom is -0.481 e. The van der Waals surface area contributed by atoms with E-state index in [4.69, 9.17) is 0 Å². The highest BCUT2D eigenvalue weighted by molar-refractivity contribution is 5.98. The lowest BCUT2D eigenvalue weighted by atomic mass is 9.78. The van der Waals surface area contributed by atoms with E-state index in [2.05, 4.69) is 5.10 Å². The van der Waals surface area contributed by atoms with Gasteiger partial charge in [-0.1, -0.05) is 18.2 Å². The number of benzene rings is 1. The maximum atomic E-state index is 13.1. The van der Waals surface area contributed by atoms with Gasteiger partial charge in [0, 0.05) is 30.3 Å². The zero-order chi connectivity index (χ0) is 19.1. The first-order valence-corrected chi connectivity index (χ1v) is 7.84. The average molecular weight is 367 g/mol. The van der Waals surface area contributed by atoms with Gasteiger partial charge in [0.05, 0.1) is 18.7 Å². The molecule has 0 radical (unpaired) electrons. The highest BCUT2D eigenvalue weighted by Crippen LogP contribution is 2.45. The Morgan fingerprint density at radius 2 is 2.00 bits per heavy atom. The lowest BCUT2D eigenvalue weighted by molar-refractivity contribution is -0.147. The third kappa shape index (κ3) is 3.42. The fraction of sp³-hybridized carbons (Fsp3) is 0.353. The normalized spacial score (nSPS) is 20.2. The van der Waals surface area contributed by atoms with Crippen LogP contribution >= 0.6 is 0 Å². The predicted octanol–water partition coefficient (Wildman–Crippen LogP) is 2.74. The molecule has 1 aromatic carbocycles. The number of carbonyl (C=O) groups excluding carboxylic acids is 1. The standard InChI is InChI=1S/C17H16F3N3O3/c1-22-8-10(7-21-22)15-13(6-14(24)25)11-4-2-3-5-12(11)16(26)23(15)9-17(18,19)20/h2-5,7-8,13,15H,6,9H2,1H3,(H,24,25). The van der Waals surface area contributed by atoms with Crippen molar-refractivity contribution in [2.45, 2.75) is 24.6 Å². The molecular formula is C17H16F3N3O3. The van der Waals surface area contributed by atoms with Crippen LogP contribution in [0.5, 0.6) is 0 Å². The van der Waals surface area contributed by atoms with E-state index < -0.39 is 43.0 Å². The summed E-state index contributed by atoms with van der Waals surface area (Å²) in [5.41, 5.74) is 0.904. The van der Waals surface area contributed by atoms with E-state index in [1.165, 1.54) is 23.1 Å². The Bertz CT molecular complexity index is 847. The van der Waals surface area contributed by atoms with Gasteiger partial charge in [-0.15, -0.1) is 0 Å². The Hall–Kier alpha value is -2.84. The number of carbonyl (C=O) groups is 2. The second kappa shape index (κ2) is 6.47. The number of hydrogen-bond donors (Lipinski definition) is 1. The largest absolute Gasteiger partial charge is 0.481 e. The van der Waals surface area contributed by atoms with Crippen molar-refractivity contribution in [3.05, 3.63) is 53.3 Å². The first-order valence-electron chi connectivity index (χ1n) is 7.84. The number of rotatable bonds is 4. The summed E-state index contributed by atoms with van der Waals surface area (Å²) in [5, 5.41) is 13.3. The van der Waals surface area contributed by atoms with Crippen molar-refractivity contribution < 1.29 is 27.9 Å². The summed E-state index contributed by atoms with van der Waals surface area (Å²) in [4.78, 5) is 24.9.